The molecule has 0 spiro atoms. The number of fused-ring (bicyclic) bond motifs is 3. The summed E-state index contributed by atoms with van der Waals surface area (Å²) in [6.07, 6.45) is 11.0. The molecule has 1 aliphatic carbocycles. The highest BCUT2D eigenvalue weighted by atomic mass is 32.1. The number of rotatable bonds is 4. The van der Waals surface area contributed by atoms with E-state index in [1.54, 1.807) is 5.57 Å². The predicted octanol–water partition coefficient (Wildman–Crippen LogP) is 6.72. The molecule has 3 heterocycles. The molecule has 3 heteroatoms. The van der Waals surface area contributed by atoms with Crippen LogP contribution < -0.4 is 0 Å². The van der Waals surface area contributed by atoms with E-state index in [0.717, 1.165) is 5.92 Å². The second kappa shape index (κ2) is 7.36. The minimum atomic E-state index is 0.282. The van der Waals surface area contributed by atoms with Crippen LogP contribution in [0.5, 0.6) is 0 Å². The van der Waals surface area contributed by atoms with Gasteiger partial charge in [-0.25, -0.2) is 0 Å². The topological polar surface area (TPSA) is 9.23 Å². The average Bonchev–Trinajstić information content (AvgIpc) is 3.41. The summed E-state index contributed by atoms with van der Waals surface area (Å²) >= 11 is 1.90. The van der Waals surface area contributed by atoms with E-state index in [2.05, 4.69) is 47.8 Å². The molecule has 5 rings (SSSR count). The second-order valence-corrected chi connectivity index (χ2v) is 9.19. The van der Waals surface area contributed by atoms with E-state index in [4.69, 9.17) is 4.65 Å². The largest absolute Gasteiger partial charge is 0.428 e. The van der Waals surface area contributed by atoms with Gasteiger partial charge in [-0.2, -0.15) is 0 Å². The molecular formula is C23H27BOS. The van der Waals surface area contributed by atoms with Crippen LogP contribution in [0, 0.1) is 5.92 Å². The van der Waals surface area contributed by atoms with Crippen molar-refractivity contribution in [1.82, 2.24) is 0 Å². The third-order valence-electron chi connectivity index (χ3n) is 6.40. The Balaban J connectivity index is 1.68. The van der Waals surface area contributed by atoms with E-state index in [1.165, 1.54) is 67.3 Å². The summed E-state index contributed by atoms with van der Waals surface area (Å²) in [4.78, 5) is 1.47. The molecule has 2 saturated heterocycles. The van der Waals surface area contributed by atoms with Crippen molar-refractivity contribution in [3.8, 4) is 0 Å². The highest BCUT2D eigenvalue weighted by molar-refractivity contribution is 7.11. The van der Waals surface area contributed by atoms with Gasteiger partial charge in [0.25, 0.3) is 0 Å². The molecule has 2 aliphatic heterocycles. The first-order valence-electron chi connectivity index (χ1n) is 10.4. The van der Waals surface area contributed by atoms with Crippen LogP contribution in [0.1, 0.15) is 61.8 Å². The Morgan fingerprint density at radius 2 is 1.65 bits per heavy atom. The van der Waals surface area contributed by atoms with Crippen LogP contribution in [0.2, 0.25) is 5.82 Å². The lowest BCUT2D eigenvalue weighted by Crippen LogP contribution is -2.29. The van der Waals surface area contributed by atoms with Gasteiger partial charge < -0.3 is 4.65 Å². The first kappa shape index (κ1) is 16.8. The molecule has 3 fully saturated rings. The normalized spacial score (nSPS) is 27.0. The Hall–Kier alpha value is -1.32. The van der Waals surface area contributed by atoms with Crippen molar-refractivity contribution >= 4 is 29.3 Å². The number of allylic oxidation sites excluding steroid dienone is 1. The van der Waals surface area contributed by atoms with E-state index in [9.17, 15) is 0 Å². The van der Waals surface area contributed by atoms with Crippen LogP contribution >= 0.6 is 11.3 Å². The highest BCUT2D eigenvalue weighted by Gasteiger charge is 2.42. The second-order valence-electron chi connectivity index (χ2n) is 8.25. The number of benzene rings is 1. The zero-order valence-corrected chi connectivity index (χ0v) is 16.2. The molecule has 0 atom stereocenters. The minimum Gasteiger partial charge on any atom is -0.428 e. The molecule has 1 aromatic heterocycles. The van der Waals surface area contributed by atoms with Gasteiger partial charge in [-0.15, -0.1) is 11.3 Å². The number of hydrogen-bond donors (Lipinski definition) is 0. The maximum Gasteiger partial charge on any atom is 0.331 e. The van der Waals surface area contributed by atoms with Crippen molar-refractivity contribution in [2.45, 2.75) is 63.3 Å². The molecular weight excluding hydrogens is 335 g/mol. The van der Waals surface area contributed by atoms with Gasteiger partial charge in [0.1, 0.15) is 0 Å². The summed E-state index contributed by atoms with van der Waals surface area (Å²) < 4.78 is 6.86. The van der Waals surface area contributed by atoms with E-state index >= 15 is 0 Å². The first-order chi connectivity index (χ1) is 12.9. The maximum absolute atomic E-state index is 6.86. The van der Waals surface area contributed by atoms with Gasteiger partial charge in [0.15, 0.2) is 0 Å². The van der Waals surface area contributed by atoms with Crippen molar-refractivity contribution < 1.29 is 4.65 Å². The van der Waals surface area contributed by atoms with Crippen LogP contribution in [0.3, 0.4) is 0 Å². The van der Waals surface area contributed by atoms with Gasteiger partial charge in [0, 0.05) is 11.0 Å². The molecule has 2 aromatic rings. The first-order valence-corrected chi connectivity index (χ1v) is 11.3. The van der Waals surface area contributed by atoms with Gasteiger partial charge in [-0.3, -0.25) is 0 Å². The van der Waals surface area contributed by atoms with Crippen LogP contribution in [-0.4, -0.2) is 13.0 Å². The zero-order valence-electron chi connectivity index (χ0n) is 15.4. The lowest BCUT2D eigenvalue weighted by molar-refractivity contribution is 0.191. The zero-order chi connectivity index (χ0) is 17.3. The van der Waals surface area contributed by atoms with E-state index in [-0.39, 0.29) is 6.92 Å². The number of thiophene rings is 1. The van der Waals surface area contributed by atoms with Crippen LogP contribution in [0.15, 0.2) is 47.8 Å². The van der Waals surface area contributed by atoms with E-state index < -0.39 is 0 Å². The third-order valence-corrected chi connectivity index (χ3v) is 7.30. The molecule has 3 aliphatic rings. The lowest BCUT2D eigenvalue weighted by Gasteiger charge is -2.26. The molecule has 0 unspecified atom stereocenters. The molecule has 1 aromatic carbocycles. The molecule has 0 amide bonds. The number of hydrogen-bond acceptors (Lipinski definition) is 2. The van der Waals surface area contributed by atoms with E-state index in [0.29, 0.717) is 11.9 Å². The molecule has 134 valence electrons. The Bertz CT molecular complexity index is 753. The van der Waals surface area contributed by atoms with Crippen molar-refractivity contribution in [2.24, 2.45) is 5.92 Å². The van der Waals surface area contributed by atoms with E-state index in [1.807, 2.05) is 11.3 Å². The minimum absolute atomic E-state index is 0.282. The predicted molar refractivity (Wildman–Crippen MR) is 112 cm³/mol. The summed E-state index contributed by atoms with van der Waals surface area (Å²) in [7, 11) is 0. The smallest absolute Gasteiger partial charge is 0.331 e. The fraction of sp³-hybridized carbons (Fsp3) is 0.478. The van der Waals surface area contributed by atoms with Crippen LogP contribution in [0.4, 0.5) is 0 Å². The average molecular weight is 362 g/mol. The summed E-state index contributed by atoms with van der Waals surface area (Å²) in [6.45, 7) is 0.282. The Morgan fingerprint density at radius 3 is 2.31 bits per heavy atom. The Morgan fingerprint density at radius 1 is 0.885 bits per heavy atom. The van der Waals surface area contributed by atoms with Crippen LogP contribution in [0.25, 0.3) is 11.0 Å². The van der Waals surface area contributed by atoms with Crippen LogP contribution in [-0.2, 0) is 4.65 Å². The van der Waals surface area contributed by atoms with Crippen molar-refractivity contribution in [1.29, 1.82) is 0 Å². The van der Waals surface area contributed by atoms with Crippen molar-refractivity contribution in [2.75, 3.05) is 0 Å². The van der Waals surface area contributed by atoms with Gasteiger partial charge in [0.05, 0.1) is 0 Å². The molecule has 0 N–H and O–H groups in total. The fourth-order valence-corrected chi connectivity index (χ4v) is 5.88. The summed E-state index contributed by atoms with van der Waals surface area (Å²) in [6, 6.07) is 15.7. The Kier molecular flexibility index (Phi) is 4.77. The third kappa shape index (κ3) is 3.32. The SMILES string of the molecule is c1ccc(/C(B2OC3CCCC2CCC3)=C(/c2cccs2)C2CC2)cc1. The quantitative estimate of drug-likeness (QED) is 0.548. The molecule has 1 saturated carbocycles. The summed E-state index contributed by atoms with van der Waals surface area (Å²) in [5.74, 6) is 1.42. The lowest BCUT2D eigenvalue weighted by atomic mass is 9.46. The molecule has 1 nitrogen and oxygen atoms in total. The van der Waals surface area contributed by atoms with Crippen molar-refractivity contribution in [3.63, 3.8) is 0 Å². The monoisotopic (exact) mass is 362 g/mol. The standard InChI is InChI=1S/C23H27BOS/c1-2-7-18(8-3-1)23(22(17-14-15-17)21-13-6-16-26-21)24-19-9-4-11-20(25-24)12-5-10-19/h1-3,6-8,13,16-17,19-20H,4-5,9-12,14-15H2/b23-22-. The Labute approximate surface area is 161 Å². The van der Waals surface area contributed by atoms with Gasteiger partial charge in [-0.05, 0) is 65.5 Å². The summed E-state index contributed by atoms with van der Waals surface area (Å²) in [5, 5.41) is 2.23. The fourth-order valence-electron chi connectivity index (χ4n) is 5.01. The summed E-state index contributed by atoms with van der Waals surface area (Å²) in [5.41, 5.74) is 4.51. The maximum atomic E-state index is 6.86. The molecule has 26 heavy (non-hydrogen) atoms. The highest BCUT2D eigenvalue weighted by Crippen LogP contribution is 2.50. The van der Waals surface area contributed by atoms with Gasteiger partial charge in [0.2, 0.25) is 0 Å². The van der Waals surface area contributed by atoms with Crippen molar-refractivity contribution in [3.05, 3.63) is 58.3 Å². The molecule has 0 radical (unpaired) electrons. The van der Waals surface area contributed by atoms with Gasteiger partial charge >= 0.3 is 6.92 Å². The van der Waals surface area contributed by atoms with Gasteiger partial charge in [-0.1, -0.05) is 62.1 Å². The molecule has 2 bridgehead atoms.